The van der Waals surface area contributed by atoms with Crippen molar-refractivity contribution in [2.75, 3.05) is 13.7 Å². The molecule has 0 atom stereocenters. The molecule has 0 unspecified atom stereocenters. The molecule has 100 valence electrons. The van der Waals surface area contributed by atoms with E-state index in [4.69, 9.17) is 4.74 Å². The second-order valence-electron chi connectivity index (χ2n) is 5.61. The first-order chi connectivity index (χ1) is 7.76. The quantitative estimate of drug-likeness (QED) is 0.661. The smallest absolute Gasteiger partial charge is 0.0681 e. The van der Waals surface area contributed by atoms with Gasteiger partial charge < -0.3 is 10.1 Å². The van der Waals surface area contributed by atoms with Crippen LogP contribution in [0.15, 0.2) is 16.8 Å². The lowest BCUT2D eigenvalue weighted by atomic mass is 10.00. The average molecular weight is 240 g/mol. The van der Waals surface area contributed by atoms with E-state index in [0.717, 1.165) is 25.1 Å². The van der Waals surface area contributed by atoms with Gasteiger partial charge in [-0.15, -0.1) is 0 Å². The molecule has 0 bridgehead atoms. The van der Waals surface area contributed by atoms with Crippen LogP contribution >= 0.6 is 0 Å². The summed E-state index contributed by atoms with van der Waals surface area (Å²) < 4.78 is 5.93. The zero-order chi connectivity index (χ0) is 13.5. The normalized spacial score (nSPS) is 13.9. The molecular formula is C14H28N2O. The van der Waals surface area contributed by atoms with Crippen LogP contribution in [0.2, 0.25) is 0 Å². The summed E-state index contributed by atoms with van der Waals surface area (Å²) in [5.41, 5.74) is 0.922. The maximum absolute atomic E-state index is 5.93. The van der Waals surface area contributed by atoms with Crippen molar-refractivity contribution in [3.8, 4) is 0 Å². The molecule has 0 aliphatic carbocycles. The molecule has 0 radical (unpaired) electrons. The number of nitrogens with one attached hydrogen (secondary N) is 1. The van der Waals surface area contributed by atoms with Gasteiger partial charge in [-0.2, -0.15) is 0 Å². The van der Waals surface area contributed by atoms with Crippen LogP contribution < -0.4 is 5.32 Å². The SMILES string of the molecule is C=N/C(=C\C)CC(C)(C)OCCC(C)(C)NC. The fourth-order valence-electron chi connectivity index (χ4n) is 1.44. The van der Waals surface area contributed by atoms with Crippen LogP contribution in [0, 0.1) is 0 Å². The first-order valence-corrected chi connectivity index (χ1v) is 6.21. The first kappa shape index (κ1) is 16.3. The Balaban J connectivity index is 4.14. The van der Waals surface area contributed by atoms with Crippen LogP contribution in [-0.2, 0) is 4.74 Å². The predicted octanol–water partition coefficient (Wildman–Crippen LogP) is 3.16. The number of rotatable bonds is 8. The van der Waals surface area contributed by atoms with Crippen molar-refractivity contribution in [3.05, 3.63) is 11.8 Å². The van der Waals surface area contributed by atoms with Gasteiger partial charge in [0.2, 0.25) is 0 Å². The van der Waals surface area contributed by atoms with Crippen LogP contribution in [0.25, 0.3) is 0 Å². The van der Waals surface area contributed by atoms with Crippen LogP contribution in [0.1, 0.15) is 47.5 Å². The molecule has 0 aromatic heterocycles. The summed E-state index contributed by atoms with van der Waals surface area (Å²) in [6, 6.07) is 0. The average Bonchev–Trinajstić information content (AvgIpc) is 2.25. The van der Waals surface area contributed by atoms with E-state index < -0.39 is 0 Å². The minimum atomic E-state index is -0.188. The molecule has 0 saturated carbocycles. The Kier molecular flexibility index (Phi) is 6.65. The first-order valence-electron chi connectivity index (χ1n) is 6.21. The third-order valence-electron chi connectivity index (χ3n) is 3.04. The van der Waals surface area contributed by atoms with E-state index in [1.54, 1.807) is 0 Å². The van der Waals surface area contributed by atoms with Gasteiger partial charge in [0.15, 0.2) is 0 Å². The van der Waals surface area contributed by atoms with Crippen LogP contribution in [0.3, 0.4) is 0 Å². The lowest BCUT2D eigenvalue weighted by Gasteiger charge is -2.29. The molecule has 17 heavy (non-hydrogen) atoms. The van der Waals surface area contributed by atoms with Crippen molar-refractivity contribution < 1.29 is 4.74 Å². The van der Waals surface area contributed by atoms with Gasteiger partial charge in [0, 0.05) is 24.3 Å². The molecule has 0 heterocycles. The van der Waals surface area contributed by atoms with Gasteiger partial charge in [0.25, 0.3) is 0 Å². The maximum atomic E-state index is 5.93. The molecule has 3 heteroatoms. The lowest BCUT2D eigenvalue weighted by molar-refractivity contribution is -0.0244. The maximum Gasteiger partial charge on any atom is 0.0681 e. The molecule has 0 aliphatic rings. The second kappa shape index (κ2) is 6.92. The highest BCUT2D eigenvalue weighted by Crippen LogP contribution is 2.22. The molecule has 0 aliphatic heterocycles. The van der Waals surface area contributed by atoms with Gasteiger partial charge in [-0.25, -0.2) is 0 Å². The molecule has 0 aromatic carbocycles. The number of hydrogen-bond acceptors (Lipinski definition) is 3. The molecule has 3 nitrogen and oxygen atoms in total. The number of hydrogen-bond donors (Lipinski definition) is 1. The molecule has 0 fully saturated rings. The Hall–Kier alpha value is -0.670. The van der Waals surface area contributed by atoms with Crippen molar-refractivity contribution in [1.82, 2.24) is 5.32 Å². The highest BCUT2D eigenvalue weighted by atomic mass is 16.5. The van der Waals surface area contributed by atoms with Crippen LogP contribution in [0.4, 0.5) is 0 Å². The summed E-state index contributed by atoms with van der Waals surface area (Å²) in [6.07, 6.45) is 3.77. The minimum Gasteiger partial charge on any atom is -0.375 e. The van der Waals surface area contributed by atoms with Crippen molar-refractivity contribution in [2.24, 2.45) is 4.99 Å². The largest absolute Gasteiger partial charge is 0.375 e. The van der Waals surface area contributed by atoms with Crippen LogP contribution in [0.5, 0.6) is 0 Å². The van der Waals surface area contributed by atoms with Gasteiger partial charge in [-0.05, 0) is 54.8 Å². The second-order valence-corrected chi connectivity index (χ2v) is 5.61. The molecule has 0 spiro atoms. The molecule has 0 rings (SSSR count). The van der Waals surface area contributed by atoms with E-state index in [-0.39, 0.29) is 11.1 Å². The standard InChI is InChI=1S/C14H28N2O/c1-8-12(15-6)11-14(4,5)17-10-9-13(2,3)16-7/h8,16H,6,9-11H2,1-5,7H3/b12-8-. The summed E-state index contributed by atoms with van der Waals surface area (Å²) in [5.74, 6) is 0. The van der Waals surface area contributed by atoms with Gasteiger partial charge in [0.1, 0.15) is 0 Å². The van der Waals surface area contributed by atoms with E-state index in [9.17, 15) is 0 Å². The monoisotopic (exact) mass is 240 g/mol. The number of ether oxygens (including phenoxy) is 1. The highest BCUT2D eigenvalue weighted by molar-refractivity contribution is 5.29. The molecule has 1 N–H and O–H groups in total. The Morgan fingerprint density at radius 2 is 1.94 bits per heavy atom. The lowest BCUT2D eigenvalue weighted by Crippen LogP contribution is -2.38. The van der Waals surface area contributed by atoms with E-state index in [1.807, 2.05) is 20.0 Å². The van der Waals surface area contributed by atoms with Crippen molar-refractivity contribution >= 4 is 6.72 Å². The van der Waals surface area contributed by atoms with Gasteiger partial charge in [-0.1, -0.05) is 6.08 Å². The topological polar surface area (TPSA) is 33.6 Å². The highest BCUT2D eigenvalue weighted by Gasteiger charge is 2.22. The van der Waals surface area contributed by atoms with E-state index in [0.29, 0.717) is 0 Å². The summed E-state index contributed by atoms with van der Waals surface area (Å²) in [6.45, 7) is 14.8. The number of allylic oxidation sites excluding steroid dienone is 1. The van der Waals surface area contributed by atoms with Crippen molar-refractivity contribution in [1.29, 1.82) is 0 Å². The van der Waals surface area contributed by atoms with Gasteiger partial charge >= 0.3 is 0 Å². The van der Waals surface area contributed by atoms with Gasteiger partial charge in [-0.3, -0.25) is 4.99 Å². The van der Waals surface area contributed by atoms with Crippen LogP contribution in [-0.4, -0.2) is 31.5 Å². The molecular weight excluding hydrogens is 212 g/mol. The number of nitrogens with zero attached hydrogens (tertiary/aromatic N) is 1. The Morgan fingerprint density at radius 3 is 2.35 bits per heavy atom. The Morgan fingerprint density at radius 1 is 1.35 bits per heavy atom. The summed E-state index contributed by atoms with van der Waals surface area (Å²) >= 11 is 0. The minimum absolute atomic E-state index is 0.121. The Bertz CT molecular complexity index is 267. The fourth-order valence-corrected chi connectivity index (χ4v) is 1.44. The number of aliphatic imine (C=N–C) groups is 1. The van der Waals surface area contributed by atoms with E-state index in [1.165, 1.54) is 0 Å². The molecule has 0 saturated heterocycles. The zero-order valence-corrected chi connectivity index (χ0v) is 12.3. The van der Waals surface area contributed by atoms with E-state index in [2.05, 4.69) is 44.7 Å². The molecule has 0 amide bonds. The van der Waals surface area contributed by atoms with Gasteiger partial charge in [0.05, 0.1) is 5.60 Å². The zero-order valence-electron chi connectivity index (χ0n) is 12.3. The van der Waals surface area contributed by atoms with Crippen molar-refractivity contribution in [2.45, 2.75) is 58.6 Å². The third-order valence-corrected chi connectivity index (χ3v) is 3.04. The third kappa shape index (κ3) is 7.29. The van der Waals surface area contributed by atoms with E-state index >= 15 is 0 Å². The molecule has 0 aromatic rings. The fraction of sp³-hybridized carbons (Fsp3) is 0.786. The Labute approximate surface area is 106 Å². The van der Waals surface area contributed by atoms with Crippen molar-refractivity contribution in [3.63, 3.8) is 0 Å². The summed E-state index contributed by atoms with van der Waals surface area (Å²) in [4.78, 5) is 3.98. The predicted molar refractivity (Wildman–Crippen MR) is 75.7 cm³/mol. The summed E-state index contributed by atoms with van der Waals surface area (Å²) in [5, 5.41) is 3.27. The summed E-state index contributed by atoms with van der Waals surface area (Å²) in [7, 11) is 1.98.